The van der Waals surface area contributed by atoms with Gasteiger partial charge in [-0.15, -0.1) is 0 Å². The number of aromatic nitrogens is 1. The highest BCUT2D eigenvalue weighted by Crippen LogP contribution is 2.26. The predicted octanol–water partition coefficient (Wildman–Crippen LogP) is 1.95. The summed E-state index contributed by atoms with van der Waals surface area (Å²) in [4.78, 5) is 14.7. The molecule has 88 valence electrons. The molecule has 0 unspecified atom stereocenters. The van der Waals surface area contributed by atoms with E-state index < -0.39 is 17.8 Å². The third-order valence-electron chi connectivity index (χ3n) is 1.79. The minimum Gasteiger partial charge on any atom is -0.461 e. The van der Waals surface area contributed by atoms with Gasteiger partial charge in [0.05, 0.1) is 6.61 Å². The van der Waals surface area contributed by atoms with Crippen molar-refractivity contribution in [3.63, 3.8) is 0 Å². The lowest BCUT2D eigenvalue weighted by Gasteiger charge is -2.13. The highest BCUT2D eigenvalue weighted by molar-refractivity contribution is 5.87. The maximum absolute atomic E-state index is 13.1. The van der Waals surface area contributed by atoms with Crippen LogP contribution in [0, 0.1) is 0 Å². The van der Waals surface area contributed by atoms with E-state index in [1.807, 2.05) is 0 Å². The molecular weight excluding hydrogens is 220 g/mol. The van der Waals surface area contributed by atoms with Gasteiger partial charge in [0.1, 0.15) is 11.4 Å². The third-order valence-corrected chi connectivity index (χ3v) is 1.79. The Morgan fingerprint density at radius 1 is 1.50 bits per heavy atom. The number of halogens is 2. The second kappa shape index (κ2) is 4.98. The molecule has 0 atom stereocenters. The summed E-state index contributed by atoms with van der Waals surface area (Å²) in [5, 5.41) is 0. The van der Waals surface area contributed by atoms with Gasteiger partial charge >= 0.3 is 12.1 Å². The van der Waals surface area contributed by atoms with E-state index >= 15 is 0 Å². The molecule has 1 aromatic rings. The van der Waals surface area contributed by atoms with Crippen LogP contribution in [0.15, 0.2) is 18.2 Å². The molecule has 0 saturated heterocycles. The number of hydrogen-bond donors (Lipinski definition) is 0. The van der Waals surface area contributed by atoms with Gasteiger partial charge in [0.15, 0.2) is 0 Å². The van der Waals surface area contributed by atoms with Crippen LogP contribution in [-0.2, 0) is 15.6 Å². The van der Waals surface area contributed by atoms with Crippen LogP contribution >= 0.6 is 0 Å². The highest BCUT2D eigenvalue weighted by atomic mass is 19.3. The Morgan fingerprint density at radius 3 is 2.75 bits per heavy atom. The number of pyridine rings is 1. The first-order valence-electron chi connectivity index (χ1n) is 4.59. The molecule has 0 aliphatic heterocycles. The molecule has 1 heterocycles. The van der Waals surface area contributed by atoms with Gasteiger partial charge in [0.2, 0.25) is 0 Å². The van der Waals surface area contributed by atoms with Gasteiger partial charge in [-0.3, -0.25) is 0 Å². The molecule has 0 radical (unpaired) electrons. The Labute approximate surface area is 91.2 Å². The number of ether oxygens (including phenoxy) is 2. The second-order valence-electron chi connectivity index (χ2n) is 2.85. The van der Waals surface area contributed by atoms with Crippen LogP contribution in [0.5, 0.6) is 0 Å². The largest absolute Gasteiger partial charge is 0.461 e. The molecular formula is C10H11F2NO3. The lowest BCUT2D eigenvalue weighted by Crippen LogP contribution is -2.19. The molecule has 1 aromatic heterocycles. The lowest BCUT2D eigenvalue weighted by molar-refractivity contribution is -0.234. The van der Waals surface area contributed by atoms with Crippen molar-refractivity contribution in [3.8, 4) is 0 Å². The Hall–Kier alpha value is -1.56. The van der Waals surface area contributed by atoms with Gasteiger partial charge in [0.25, 0.3) is 0 Å². The molecule has 0 fully saturated rings. The second-order valence-corrected chi connectivity index (χ2v) is 2.85. The van der Waals surface area contributed by atoms with E-state index in [9.17, 15) is 13.6 Å². The predicted molar refractivity (Wildman–Crippen MR) is 51.1 cm³/mol. The van der Waals surface area contributed by atoms with Crippen molar-refractivity contribution < 1.29 is 23.0 Å². The number of esters is 1. The summed E-state index contributed by atoms with van der Waals surface area (Å²) in [6.45, 7) is 1.77. The van der Waals surface area contributed by atoms with Crippen LogP contribution in [0.25, 0.3) is 0 Å². The van der Waals surface area contributed by atoms with Gasteiger partial charge in [-0.2, -0.15) is 8.78 Å². The first-order valence-corrected chi connectivity index (χ1v) is 4.59. The third kappa shape index (κ3) is 2.73. The van der Waals surface area contributed by atoms with Crippen molar-refractivity contribution in [2.75, 3.05) is 13.7 Å². The molecule has 16 heavy (non-hydrogen) atoms. The fourth-order valence-corrected chi connectivity index (χ4v) is 1.02. The van der Waals surface area contributed by atoms with Crippen LogP contribution in [0.4, 0.5) is 8.78 Å². The maximum atomic E-state index is 13.1. The van der Waals surface area contributed by atoms with Crippen molar-refractivity contribution >= 4 is 5.97 Å². The average Bonchev–Trinajstić information content (AvgIpc) is 2.29. The van der Waals surface area contributed by atoms with Crippen molar-refractivity contribution in [2.24, 2.45) is 0 Å². The zero-order valence-corrected chi connectivity index (χ0v) is 8.87. The molecule has 0 bridgehead atoms. The van der Waals surface area contributed by atoms with Crippen molar-refractivity contribution in [3.05, 3.63) is 29.6 Å². The molecule has 1 rings (SSSR count). The zero-order chi connectivity index (χ0) is 12.2. The molecule has 0 N–H and O–H groups in total. The number of methoxy groups -OCH3 is 1. The van der Waals surface area contributed by atoms with E-state index in [0.29, 0.717) is 0 Å². The van der Waals surface area contributed by atoms with E-state index in [-0.39, 0.29) is 12.3 Å². The average molecular weight is 231 g/mol. The molecule has 0 saturated carbocycles. The van der Waals surface area contributed by atoms with Gasteiger partial charge < -0.3 is 9.47 Å². The molecule has 6 heteroatoms. The monoisotopic (exact) mass is 231 g/mol. The quantitative estimate of drug-likeness (QED) is 0.743. The van der Waals surface area contributed by atoms with Crippen LogP contribution < -0.4 is 0 Å². The Balaban J connectivity index is 3.00. The van der Waals surface area contributed by atoms with Crippen LogP contribution in [0.1, 0.15) is 23.1 Å². The number of hydrogen-bond acceptors (Lipinski definition) is 4. The zero-order valence-electron chi connectivity index (χ0n) is 8.87. The SMILES string of the molecule is CCOC(=O)c1cccc(C(F)(F)OC)n1. The molecule has 4 nitrogen and oxygen atoms in total. The number of carbonyl (C=O) groups excluding carboxylic acids is 1. The van der Waals surface area contributed by atoms with Crippen LogP contribution in [0.2, 0.25) is 0 Å². The summed E-state index contributed by atoms with van der Waals surface area (Å²) in [6.07, 6.45) is -3.51. The maximum Gasteiger partial charge on any atom is 0.399 e. The summed E-state index contributed by atoms with van der Waals surface area (Å²) < 4.78 is 34.8. The molecule has 0 aliphatic rings. The van der Waals surface area contributed by atoms with Gasteiger partial charge in [-0.25, -0.2) is 9.78 Å². The van der Waals surface area contributed by atoms with Crippen LogP contribution in [-0.4, -0.2) is 24.7 Å². The molecule has 0 aliphatic carbocycles. The lowest BCUT2D eigenvalue weighted by atomic mass is 10.3. The Morgan fingerprint density at radius 2 is 2.19 bits per heavy atom. The summed E-state index contributed by atoms with van der Waals surface area (Å²) in [7, 11) is 0.860. The van der Waals surface area contributed by atoms with Crippen molar-refractivity contribution in [1.82, 2.24) is 4.98 Å². The Kier molecular flexibility index (Phi) is 3.89. The first-order chi connectivity index (χ1) is 7.51. The molecule has 0 aromatic carbocycles. The van der Waals surface area contributed by atoms with E-state index in [2.05, 4.69) is 14.5 Å². The topological polar surface area (TPSA) is 48.4 Å². The first kappa shape index (κ1) is 12.5. The van der Waals surface area contributed by atoms with Gasteiger partial charge in [0, 0.05) is 7.11 Å². The van der Waals surface area contributed by atoms with E-state index in [1.165, 1.54) is 12.1 Å². The summed E-state index contributed by atoms with van der Waals surface area (Å²) in [5.41, 5.74) is -0.795. The number of carbonyl (C=O) groups is 1. The summed E-state index contributed by atoms with van der Waals surface area (Å²) >= 11 is 0. The van der Waals surface area contributed by atoms with E-state index in [4.69, 9.17) is 0 Å². The number of nitrogens with zero attached hydrogens (tertiary/aromatic N) is 1. The van der Waals surface area contributed by atoms with Crippen LogP contribution in [0.3, 0.4) is 0 Å². The smallest absolute Gasteiger partial charge is 0.399 e. The normalized spacial score (nSPS) is 11.2. The van der Waals surface area contributed by atoms with E-state index in [0.717, 1.165) is 13.2 Å². The van der Waals surface area contributed by atoms with Crippen molar-refractivity contribution in [1.29, 1.82) is 0 Å². The molecule has 0 spiro atoms. The fourth-order valence-electron chi connectivity index (χ4n) is 1.02. The standard InChI is InChI=1S/C10H11F2NO3/c1-3-16-9(14)7-5-4-6-8(13-7)10(11,12)15-2/h4-6H,3H2,1-2H3. The summed E-state index contributed by atoms with van der Waals surface area (Å²) in [5.74, 6) is -0.740. The number of rotatable bonds is 4. The minimum atomic E-state index is -3.51. The summed E-state index contributed by atoms with van der Waals surface area (Å²) in [6, 6.07) is 3.67. The minimum absolute atomic E-state index is 0.158. The number of alkyl halides is 2. The Bertz CT molecular complexity index is 382. The van der Waals surface area contributed by atoms with Gasteiger partial charge in [-0.1, -0.05) is 6.07 Å². The molecule has 0 amide bonds. The highest BCUT2D eigenvalue weighted by Gasteiger charge is 2.33. The van der Waals surface area contributed by atoms with E-state index in [1.54, 1.807) is 6.92 Å². The fraction of sp³-hybridized carbons (Fsp3) is 0.400. The van der Waals surface area contributed by atoms with Gasteiger partial charge in [-0.05, 0) is 19.1 Å². The van der Waals surface area contributed by atoms with Crippen molar-refractivity contribution in [2.45, 2.75) is 13.0 Å².